The lowest BCUT2D eigenvalue weighted by atomic mass is 10.1. The van der Waals surface area contributed by atoms with Crippen LogP contribution in [0.3, 0.4) is 0 Å². The summed E-state index contributed by atoms with van der Waals surface area (Å²) in [7, 11) is 0. The first kappa shape index (κ1) is 26.7. The number of ether oxygens (including phenoxy) is 2. The summed E-state index contributed by atoms with van der Waals surface area (Å²) >= 11 is 1.42. The molecule has 3 aromatic heterocycles. The number of fused-ring (bicyclic) bond motifs is 2. The average Bonchev–Trinajstić information content (AvgIpc) is 3.55. The lowest BCUT2D eigenvalue weighted by Crippen LogP contribution is -2.46. The molecule has 7 rings (SSSR count). The normalized spacial score (nSPS) is 17.5. The number of imidazole rings is 1. The molecule has 2 aliphatic rings. The Hall–Kier alpha value is -4.13. The van der Waals surface area contributed by atoms with Crippen LogP contribution in [0.15, 0.2) is 54.6 Å². The molecule has 2 aromatic carbocycles. The van der Waals surface area contributed by atoms with Gasteiger partial charge in [0.2, 0.25) is 5.88 Å². The Morgan fingerprint density at radius 2 is 1.90 bits per heavy atom. The Bertz CT molecular complexity index is 1760. The number of carboxylic acids is 1. The topological polar surface area (TPSA) is 106 Å². The number of pyridine rings is 1. The van der Waals surface area contributed by atoms with Crippen molar-refractivity contribution in [3.8, 4) is 5.88 Å². The minimum Gasteiger partial charge on any atom is -0.478 e. The van der Waals surface area contributed by atoms with E-state index in [0.29, 0.717) is 29.5 Å². The molecule has 0 aliphatic carbocycles. The summed E-state index contributed by atoms with van der Waals surface area (Å²) in [5.41, 5.74) is 2.25. The number of halogens is 1. The standard InChI is InChI=1S/C30H29FN6O4S/c31-21-3-1-4-24-29(21)34-28(42-24)18-41-27-6-2-5-25(33-27)36-12-10-35(11-13-36)17-26-32-22-8-7-19(30(38)39)15-23(22)37(26)16-20-9-14-40-20/h1-8,15,20H,9-14,16-18H2,(H,38,39). The molecule has 42 heavy (non-hydrogen) atoms. The van der Waals surface area contributed by atoms with E-state index in [4.69, 9.17) is 19.4 Å². The maximum Gasteiger partial charge on any atom is 0.335 e. The number of anilines is 1. The number of aromatic carboxylic acids is 1. The minimum absolute atomic E-state index is 0.128. The Balaban J connectivity index is 1.00. The van der Waals surface area contributed by atoms with Gasteiger partial charge >= 0.3 is 5.97 Å². The molecule has 2 aliphatic heterocycles. The molecular formula is C30H29FN6O4S. The predicted molar refractivity (Wildman–Crippen MR) is 157 cm³/mol. The Labute approximate surface area is 244 Å². The van der Waals surface area contributed by atoms with Gasteiger partial charge in [-0.2, -0.15) is 4.98 Å². The molecule has 10 nitrogen and oxygen atoms in total. The number of carbonyl (C=O) groups is 1. The number of para-hydroxylation sites is 1. The van der Waals surface area contributed by atoms with Crippen molar-refractivity contribution in [3.63, 3.8) is 0 Å². The summed E-state index contributed by atoms with van der Waals surface area (Å²) in [6, 6.07) is 15.8. The predicted octanol–water partition coefficient (Wildman–Crippen LogP) is 4.57. The van der Waals surface area contributed by atoms with E-state index in [-0.39, 0.29) is 24.1 Å². The second-order valence-corrected chi connectivity index (χ2v) is 11.6. The molecule has 5 heterocycles. The smallest absolute Gasteiger partial charge is 0.335 e. The number of carboxylic acid groups (broad SMARTS) is 1. The van der Waals surface area contributed by atoms with Crippen LogP contribution < -0.4 is 9.64 Å². The summed E-state index contributed by atoms with van der Waals surface area (Å²) in [4.78, 5) is 30.2. The van der Waals surface area contributed by atoms with Gasteiger partial charge in [-0.1, -0.05) is 12.1 Å². The third-order valence-electron chi connectivity index (χ3n) is 7.78. The molecule has 0 spiro atoms. The van der Waals surface area contributed by atoms with Crippen molar-refractivity contribution in [2.24, 2.45) is 0 Å². The van der Waals surface area contributed by atoms with Crippen molar-refractivity contribution >= 4 is 44.4 Å². The van der Waals surface area contributed by atoms with E-state index in [1.165, 1.54) is 17.4 Å². The fraction of sp³-hybridized carbons (Fsp3) is 0.333. The van der Waals surface area contributed by atoms with Crippen LogP contribution in [0.2, 0.25) is 0 Å². The number of rotatable bonds is 9. The maximum absolute atomic E-state index is 14.0. The summed E-state index contributed by atoms with van der Waals surface area (Å²) in [5.74, 6) is 0.990. The molecule has 2 fully saturated rings. The third kappa shape index (κ3) is 5.40. The number of hydrogen-bond acceptors (Lipinski definition) is 9. The lowest BCUT2D eigenvalue weighted by molar-refractivity contribution is -0.0592. The molecule has 216 valence electrons. The van der Waals surface area contributed by atoms with Gasteiger partial charge in [-0.25, -0.2) is 19.2 Å². The van der Waals surface area contributed by atoms with E-state index in [1.807, 2.05) is 24.3 Å². The van der Waals surface area contributed by atoms with Gasteiger partial charge < -0.3 is 24.0 Å². The molecule has 0 saturated carbocycles. The van der Waals surface area contributed by atoms with Crippen molar-refractivity contribution in [1.29, 1.82) is 0 Å². The summed E-state index contributed by atoms with van der Waals surface area (Å²) < 4.78 is 28.5. The largest absolute Gasteiger partial charge is 0.478 e. The van der Waals surface area contributed by atoms with Crippen molar-refractivity contribution in [2.45, 2.75) is 32.2 Å². The van der Waals surface area contributed by atoms with Gasteiger partial charge in [-0.3, -0.25) is 4.90 Å². The molecule has 0 radical (unpaired) electrons. The second-order valence-electron chi connectivity index (χ2n) is 10.5. The number of benzene rings is 2. The van der Waals surface area contributed by atoms with Crippen molar-refractivity contribution in [1.82, 2.24) is 24.4 Å². The quantitative estimate of drug-likeness (QED) is 0.265. The SMILES string of the molecule is O=C(O)c1ccc2nc(CN3CCN(c4cccc(OCc5nc6c(F)cccc6s5)n4)CC3)n(CC3CCO3)c2c1. The van der Waals surface area contributed by atoms with E-state index in [1.54, 1.807) is 24.3 Å². The van der Waals surface area contributed by atoms with Crippen LogP contribution in [0, 0.1) is 5.82 Å². The molecule has 0 amide bonds. The van der Waals surface area contributed by atoms with Crippen molar-refractivity contribution in [2.75, 3.05) is 37.7 Å². The van der Waals surface area contributed by atoms with Gasteiger partial charge in [-0.05, 0) is 42.8 Å². The average molecular weight is 589 g/mol. The highest BCUT2D eigenvalue weighted by molar-refractivity contribution is 7.18. The van der Waals surface area contributed by atoms with E-state index in [9.17, 15) is 14.3 Å². The summed E-state index contributed by atoms with van der Waals surface area (Å²) in [5, 5.41) is 10.2. The molecule has 5 aromatic rings. The van der Waals surface area contributed by atoms with Gasteiger partial charge in [0.25, 0.3) is 0 Å². The minimum atomic E-state index is -0.947. The van der Waals surface area contributed by atoms with Gasteiger partial charge in [0.15, 0.2) is 0 Å². The Morgan fingerprint density at radius 1 is 1.07 bits per heavy atom. The van der Waals surface area contributed by atoms with Crippen LogP contribution in [0.25, 0.3) is 21.3 Å². The van der Waals surface area contributed by atoms with Gasteiger partial charge in [0, 0.05) is 38.9 Å². The number of hydrogen-bond donors (Lipinski definition) is 1. The zero-order chi connectivity index (χ0) is 28.6. The van der Waals surface area contributed by atoms with E-state index in [0.717, 1.165) is 66.6 Å². The van der Waals surface area contributed by atoms with E-state index >= 15 is 0 Å². The fourth-order valence-electron chi connectivity index (χ4n) is 5.42. The molecule has 1 atom stereocenters. The Morgan fingerprint density at radius 3 is 2.67 bits per heavy atom. The fourth-order valence-corrected chi connectivity index (χ4v) is 6.31. The van der Waals surface area contributed by atoms with Crippen LogP contribution in [-0.2, 0) is 24.4 Å². The zero-order valence-electron chi connectivity index (χ0n) is 22.8. The number of aromatic nitrogens is 4. The molecule has 1 unspecified atom stereocenters. The molecular weight excluding hydrogens is 559 g/mol. The second kappa shape index (κ2) is 11.3. The van der Waals surface area contributed by atoms with Crippen LogP contribution in [0.4, 0.5) is 10.2 Å². The van der Waals surface area contributed by atoms with E-state index in [2.05, 4.69) is 19.4 Å². The Kier molecular flexibility index (Phi) is 7.18. The van der Waals surface area contributed by atoms with Crippen LogP contribution in [0.5, 0.6) is 5.88 Å². The van der Waals surface area contributed by atoms with Gasteiger partial charge in [0.05, 0.1) is 40.5 Å². The number of thiazole rings is 1. The molecule has 0 bridgehead atoms. The van der Waals surface area contributed by atoms with Gasteiger partial charge in [0.1, 0.15) is 34.6 Å². The number of nitrogens with zero attached hydrogens (tertiary/aromatic N) is 6. The summed E-state index contributed by atoms with van der Waals surface area (Å²) in [6.45, 7) is 5.56. The van der Waals surface area contributed by atoms with Gasteiger partial charge in [-0.15, -0.1) is 11.3 Å². The first-order chi connectivity index (χ1) is 20.5. The molecule has 1 N–H and O–H groups in total. The van der Waals surface area contributed by atoms with Crippen LogP contribution in [0.1, 0.15) is 27.6 Å². The third-order valence-corrected chi connectivity index (χ3v) is 8.78. The van der Waals surface area contributed by atoms with Crippen molar-refractivity contribution in [3.05, 3.63) is 76.8 Å². The van der Waals surface area contributed by atoms with Crippen LogP contribution >= 0.6 is 11.3 Å². The van der Waals surface area contributed by atoms with Crippen molar-refractivity contribution < 1.29 is 23.8 Å². The maximum atomic E-state index is 14.0. The summed E-state index contributed by atoms with van der Waals surface area (Å²) in [6.07, 6.45) is 1.12. The molecule has 2 saturated heterocycles. The first-order valence-corrected chi connectivity index (χ1v) is 14.8. The van der Waals surface area contributed by atoms with E-state index < -0.39 is 5.97 Å². The highest BCUT2D eigenvalue weighted by Crippen LogP contribution is 2.27. The zero-order valence-corrected chi connectivity index (χ0v) is 23.6. The first-order valence-electron chi connectivity index (χ1n) is 14.0. The van der Waals surface area contributed by atoms with Crippen LogP contribution in [-0.4, -0.2) is 74.4 Å². The lowest BCUT2D eigenvalue weighted by Gasteiger charge is -2.35. The molecule has 12 heteroatoms. The highest BCUT2D eigenvalue weighted by Gasteiger charge is 2.25. The monoisotopic (exact) mass is 588 g/mol. The highest BCUT2D eigenvalue weighted by atomic mass is 32.1. The number of piperazine rings is 1.